The summed E-state index contributed by atoms with van der Waals surface area (Å²) in [5.41, 5.74) is 4.37. The summed E-state index contributed by atoms with van der Waals surface area (Å²) < 4.78 is 27.1. The third-order valence-corrected chi connectivity index (χ3v) is 9.75. The molecule has 1 atom stereocenters. The molecule has 0 unspecified atom stereocenters. The number of aryl methyl sites for hydroxylation is 1. The minimum Gasteiger partial charge on any atom is -0.493 e. The topological polar surface area (TPSA) is 88.4 Å². The van der Waals surface area contributed by atoms with Crippen molar-refractivity contribution in [3.63, 3.8) is 0 Å². The van der Waals surface area contributed by atoms with E-state index in [1.807, 2.05) is 50.3 Å². The summed E-state index contributed by atoms with van der Waals surface area (Å²) in [4.78, 5) is 32.7. The predicted molar refractivity (Wildman–Crippen MR) is 197 cm³/mol. The maximum absolute atomic E-state index is 14.1. The van der Waals surface area contributed by atoms with E-state index >= 15 is 0 Å². The number of nitrogens with zero attached hydrogens (tertiary/aromatic N) is 2. The van der Waals surface area contributed by atoms with Crippen LogP contribution in [-0.4, -0.2) is 30.4 Å². The lowest BCUT2D eigenvalue weighted by Gasteiger charge is -2.25. The van der Waals surface area contributed by atoms with E-state index in [0.717, 1.165) is 24.0 Å². The molecule has 0 amide bonds. The Hall–Kier alpha value is -3.17. The van der Waals surface area contributed by atoms with Gasteiger partial charge in [-0.15, -0.1) is 0 Å². The molecule has 1 aromatic heterocycles. The van der Waals surface area contributed by atoms with E-state index in [4.69, 9.17) is 23.9 Å². The highest BCUT2D eigenvalue weighted by molar-refractivity contribution is 14.1. The Balaban J connectivity index is 1.58. The number of hydrogen-bond donors (Lipinski definition) is 0. The van der Waals surface area contributed by atoms with Crippen molar-refractivity contribution in [3.05, 3.63) is 115 Å². The standard InChI is InChI=1S/C35H34I2N2O6S/c1-7-43-34(41)30-21(5)38-35-39(31(30)24-11-12-27(45-19(2)3)28(17-24)42-6)33(40)29(46-35)16-23-14-25(36)32(26(37)15-23)44-18-22-10-8-9-20(4)13-22/h8-17,19,31H,7,18H2,1-6H3/b29-16-/t31-/m1/s1. The number of methoxy groups -OCH3 is 1. The number of rotatable bonds is 10. The molecule has 1 aliphatic heterocycles. The summed E-state index contributed by atoms with van der Waals surface area (Å²) in [5.74, 6) is 1.35. The van der Waals surface area contributed by atoms with Crippen molar-refractivity contribution >= 4 is 68.6 Å². The van der Waals surface area contributed by atoms with Crippen LogP contribution in [0.5, 0.6) is 17.2 Å². The first-order chi connectivity index (χ1) is 22.0. The van der Waals surface area contributed by atoms with Gasteiger partial charge < -0.3 is 18.9 Å². The van der Waals surface area contributed by atoms with Gasteiger partial charge in [-0.1, -0.05) is 47.2 Å². The lowest BCUT2D eigenvalue weighted by molar-refractivity contribution is -0.139. The Morgan fingerprint density at radius 3 is 2.46 bits per heavy atom. The molecule has 3 aromatic carbocycles. The molecule has 11 heteroatoms. The fourth-order valence-corrected chi connectivity index (χ4v) is 8.40. The summed E-state index contributed by atoms with van der Waals surface area (Å²) in [6.07, 6.45) is 1.80. The normalized spacial score (nSPS) is 14.6. The fourth-order valence-electron chi connectivity index (χ4n) is 5.22. The number of hydrogen-bond acceptors (Lipinski definition) is 8. The molecule has 2 heterocycles. The van der Waals surface area contributed by atoms with Crippen LogP contribution in [0.15, 0.2) is 75.7 Å². The highest BCUT2D eigenvalue weighted by Gasteiger charge is 2.34. The second-order valence-electron chi connectivity index (χ2n) is 11.0. The van der Waals surface area contributed by atoms with Crippen LogP contribution in [-0.2, 0) is 16.1 Å². The zero-order valence-corrected chi connectivity index (χ0v) is 31.5. The zero-order chi connectivity index (χ0) is 33.1. The number of halogens is 2. The quantitative estimate of drug-likeness (QED) is 0.131. The SMILES string of the molecule is CCOC(=O)C1=C(C)N=c2s/c(=C\c3cc(I)c(OCc4cccc(C)c4)c(I)c3)c(=O)n2[C@@H]1c1ccc(OC(C)C)c(OC)c1. The number of carbonyl (C=O) groups is 1. The maximum atomic E-state index is 14.1. The second kappa shape index (κ2) is 14.7. The zero-order valence-electron chi connectivity index (χ0n) is 26.4. The summed E-state index contributed by atoms with van der Waals surface area (Å²) in [7, 11) is 1.56. The van der Waals surface area contributed by atoms with Crippen LogP contribution in [0, 0.1) is 14.1 Å². The third kappa shape index (κ3) is 7.36. The molecule has 1 aliphatic rings. The summed E-state index contributed by atoms with van der Waals surface area (Å²) >= 11 is 5.82. The molecule has 0 N–H and O–H groups in total. The van der Waals surface area contributed by atoms with Crippen molar-refractivity contribution in [1.82, 2.24) is 4.57 Å². The van der Waals surface area contributed by atoms with Gasteiger partial charge >= 0.3 is 5.97 Å². The van der Waals surface area contributed by atoms with Crippen LogP contribution in [0.1, 0.15) is 56.0 Å². The predicted octanol–water partition coefficient (Wildman–Crippen LogP) is 6.69. The first kappa shape index (κ1) is 34.2. The average molecular weight is 865 g/mol. The number of aromatic nitrogens is 1. The van der Waals surface area contributed by atoms with E-state index in [-0.39, 0.29) is 18.3 Å². The average Bonchev–Trinajstić information content (AvgIpc) is 3.29. The first-order valence-corrected chi connectivity index (χ1v) is 17.7. The van der Waals surface area contributed by atoms with Crippen molar-refractivity contribution in [1.29, 1.82) is 0 Å². The number of carbonyl (C=O) groups excluding carboxylic acids is 1. The van der Waals surface area contributed by atoms with Gasteiger partial charge in [0, 0.05) is 0 Å². The Morgan fingerprint density at radius 1 is 1.07 bits per heavy atom. The number of fused-ring (bicyclic) bond motifs is 1. The molecular weight excluding hydrogens is 830 g/mol. The molecule has 0 aliphatic carbocycles. The molecule has 240 valence electrons. The van der Waals surface area contributed by atoms with E-state index in [1.54, 1.807) is 37.7 Å². The maximum Gasteiger partial charge on any atom is 0.338 e. The molecule has 5 rings (SSSR count). The van der Waals surface area contributed by atoms with Crippen molar-refractivity contribution in [3.8, 4) is 17.2 Å². The van der Waals surface area contributed by atoms with Crippen molar-refractivity contribution in [2.75, 3.05) is 13.7 Å². The van der Waals surface area contributed by atoms with Gasteiger partial charge in [0.25, 0.3) is 5.56 Å². The summed E-state index contributed by atoms with van der Waals surface area (Å²) in [6.45, 7) is 10.1. The van der Waals surface area contributed by atoms with E-state index < -0.39 is 12.0 Å². The molecule has 4 aromatic rings. The fraction of sp³-hybridized carbons (Fsp3) is 0.286. The van der Waals surface area contributed by atoms with E-state index in [1.165, 1.54) is 16.9 Å². The smallest absolute Gasteiger partial charge is 0.338 e. The molecule has 0 radical (unpaired) electrons. The minimum absolute atomic E-state index is 0.0606. The van der Waals surface area contributed by atoms with E-state index in [2.05, 4.69) is 64.2 Å². The van der Waals surface area contributed by atoms with Gasteiger partial charge in [0.1, 0.15) is 12.4 Å². The van der Waals surface area contributed by atoms with Gasteiger partial charge in [0.05, 0.1) is 48.8 Å². The van der Waals surface area contributed by atoms with Crippen LogP contribution >= 0.6 is 56.5 Å². The molecule has 8 nitrogen and oxygen atoms in total. The van der Waals surface area contributed by atoms with Crippen LogP contribution in [0.4, 0.5) is 0 Å². The summed E-state index contributed by atoms with van der Waals surface area (Å²) in [5, 5.41) is 0. The van der Waals surface area contributed by atoms with Crippen molar-refractivity contribution < 1.29 is 23.7 Å². The number of esters is 1. The number of allylic oxidation sites excluding steroid dienone is 1. The first-order valence-electron chi connectivity index (χ1n) is 14.7. The lowest BCUT2D eigenvalue weighted by Crippen LogP contribution is -2.40. The Morgan fingerprint density at radius 2 is 1.80 bits per heavy atom. The van der Waals surface area contributed by atoms with Gasteiger partial charge in [-0.3, -0.25) is 9.36 Å². The third-order valence-electron chi connectivity index (χ3n) is 7.17. The molecular formula is C35H34I2N2O6S. The van der Waals surface area contributed by atoms with E-state index in [0.29, 0.717) is 44.3 Å². The van der Waals surface area contributed by atoms with Crippen LogP contribution in [0.25, 0.3) is 6.08 Å². The molecule has 46 heavy (non-hydrogen) atoms. The molecule has 0 spiro atoms. The molecule has 0 bridgehead atoms. The lowest BCUT2D eigenvalue weighted by atomic mass is 9.95. The van der Waals surface area contributed by atoms with Gasteiger partial charge in [-0.25, -0.2) is 9.79 Å². The van der Waals surface area contributed by atoms with Crippen molar-refractivity contribution in [2.24, 2.45) is 4.99 Å². The highest BCUT2D eigenvalue weighted by Crippen LogP contribution is 2.37. The summed E-state index contributed by atoms with van der Waals surface area (Å²) in [6, 6.07) is 16.9. The highest BCUT2D eigenvalue weighted by atomic mass is 127. The molecule has 0 saturated heterocycles. The largest absolute Gasteiger partial charge is 0.493 e. The Labute approximate surface area is 299 Å². The number of benzene rings is 3. The van der Waals surface area contributed by atoms with Gasteiger partial charge in [-0.05, 0) is 127 Å². The monoisotopic (exact) mass is 864 g/mol. The van der Waals surface area contributed by atoms with Gasteiger partial charge in [-0.2, -0.15) is 0 Å². The Kier molecular flexibility index (Phi) is 10.9. The van der Waals surface area contributed by atoms with Crippen LogP contribution in [0.2, 0.25) is 0 Å². The molecule has 0 saturated carbocycles. The van der Waals surface area contributed by atoms with Gasteiger partial charge in [0.15, 0.2) is 16.3 Å². The second-order valence-corrected chi connectivity index (χ2v) is 14.3. The number of thiazole rings is 1. The van der Waals surface area contributed by atoms with Crippen LogP contribution < -0.4 is 29.1 Å². The minimum atomic E-state index is -0.767. The van der Waals surface area contributed by atoms with Gasteiger partial charge in [0.2, 0.25) is 0 Å². The van der Waals surface area contributed by atoms with E-state index in [9.17, 15) is 9.59 Å². The number of ether oxygens (including phenoxy) is 4. The van der Waals surface area contributed by atoms with Crippen molar-refractivity contribution in [2.45, 2.75) is 53.4 Å². The Bertz CT molecular complexity index is 1990. The molecule has 0 fully saturated rings. The van der Waals surface area contributed by atoms with Crippen LogP contribution in [0.3, 0.4) is 0 Å².